The molecule has 1 aliphatic rings. The van der Waals surface area contributed by atoms with E-state index in [0.29, 0.717) is 14.8 Å². The molecule has 3 rings (SSSR count). The molecule has 1 fully saturated rings. The predicted molar refractivity (Wildman–Crippen MR) is 115 cm³/mol. The van der Waals surface area contributed by atoms with Gasteiger partial charge in [-0.15, -0.1) is 0 Å². The van der Waals surface area contributed by atoms with Crippen molar-refractivity contribution in [3.8, 4) is 11.5 Å². The van der Waals surface area contributed by atoms with Crippen LogP contribution in [0.15, 0.2) is 52.3 Å². The molecule has 0 radical (unpaired) electrons. The number of non-ortho nitro benzene ring substituents is 1. The highest BCUT2D eigenvalue weighted by atomic mass is 32.2. The smallest absolute Gasteiger partial charge is 0.339 e. The lowest BCUT2D eigenvalue weighted by atomic mass is 10.2. The molecule has 1 N–H and O–H groups in total. The molecule has 1 saturated heterocycles. The number of nitrogens with zero attached hydrogens (tertiary/aromatic N) is 1. The van der Waals surface area contributed by atoms with Crippen molar-refractivity contribution in [2.45, 2.75) is 11.8 Å². The summed E-state index contributed by atoms with van der Waals surface area (Å²) >= 11 is 6.07. The predicted octanol–water partition coefficient (Wildman–Crippen LogP) is 3.25. The highest BCUT2D eigenvalue weighted by Gasteiger charge is 2.23. The third-order valence-corrected chi connectivity index (χ3v) is 6.15. The van der Waals surface area contributed by atoms with Crippen LogP contribution in [0.3, 0.4) is 0 Å². The van der Waals surface area contributed by atoms with Gasteiger partial charge in [-0.2, -0.15) is 8.42 Å². The number of nitrogens with one attached hydrogen (secondary N) is 1. The molecule has 0 saturated carbocycles. The molecule has 0 spiro atoms. The van der Waals surface area contributed by atoms with E-state index in [1.807, 2.05) is 0 Å². The average molecular weight is 467 g/mol. The summed E-state index contributed by atoms with van der Waals surface area (Å²) < 4.78 is 36.1. The molecule has 0 atom stereocenters. The van der Waals surface area contributed by atoms with Crippen LogP contribution in [0.5, 0.6) is 11.5 Å². The molecule has 1 amide bonds. The van der Waals surface area contributed by atoms with E-state index in [2.05, 4.69) is 5.32 Å². The van der Waals surface area contributed by atoms with Crippen LogP contribution in [0.25, 0.3) is 6.08 Å². The minimum absolute atomic E-state index is 0.0589. The number of rotatable bonds is 7. The number of benzene rings is 2. The van der Waals surface area contributed by atoms with E-state index >= 15 is 0 Å². The Morgan fingerprint density at radius 3 is 2.47 bits per heavy atom. The number of nitro groups is 1. The normalized spacial score (nSPS) is 15.2. The SMILES string of the molecule is CCOc1cc(/C=C2/SC(=S)NC2=O)ccc1OS(=O)(=O)c1ccc([N+](=O)[O-])cc1. The fourth-order valence-corrected chi connectivity index (χ4v) is 4.41. The van der Waals surface area contributed by atoms with Crippen molar-refractivity contribution in [1.29, 1.82) is 0 Å². The molecule has 12 heteroatoms. The highest BCUT2D eigenvalue weighted by molar-refractivity contribution is 8.26. The van der Waals surface area contributed by atoms with E-state index in [1.165, 1.54) is 12.1 Å². The maximum Gasteiger partial charge on any atom is 0.339 e. The molecule has 9 nitrogen and oxygen atoms in total. The van der Waals surface area contributed by atoms with Gasteiger partial charge in [-0.25, -0.2) is 0 Å². The van der Waals surface area contributed by atoms with E-state index in [4.69, 9.17) is 21.1 Å². The maximum absolute atomic E-state index is 12.6. The first-order valence-electron chi connectivity index (χ1n) is 8.40. The van der Waals surface area contributed by atoms with Crippen LogP contribution in [-0.2, 0) is 14.9 Å². The lowest BCUT2D eigenvalue weighted by Gasteiger charge is -2.12. The van der Waals surface area contributed by atoms with E-state index < -0.39 is 15.0 Å². The van der Waals surface area contributed by atoms with Gasteiger partial charge in [0.1, 0.15) is 9.22 Å². The van der Waals surface area contributed by atoms with E-state index in [1.54, 1.807) is 19.1 Å². The van der Waals surface area contributed by atoms with Crippen molar-refractivity contribution in [3.63, 3.8) is 0 Å². The quantitative estimate of drug-likeness (QED) is 0.215. The van der Waals surface area contributed by atoms with Crippen molar-refractivity contribution in [2.75, 3.05) is 6.61 Å². The van der Waals surface area contributed by atoms with Crippen LogP contribution < -0.4 is 14.2 Å². The molecule has 2 aromatic carbocycles. The Labute approximate surface area is 181 Å². The number of thioether (sulfide) groups is 1. The lowest BCUT2D eigenvalue weighted by molar-refractivity contribution is -0.384. The summed E-state index contributed by atoms with van der Waals surface area (Å²) in [6.07, 6.45) is 1.59. The van der Waals surface area contributed by atoms with Gasteiger partial charge in [0.25, 0.3) is 11.6 Å². The second kappa shape index (κ2) is 8.81. The zero-order chi connectivity index (χ0) is 21.9. The van der Waals surface area contributed by atoms with Crippen LogP contribution in [0.1, 0.15) is 12.5 Å². The second-order valence-corrected chi connectivity index (χ2v) is 9.05. The van der Waals surface area contributed by atoms with E-state index in [0.717, 1.165) is 36.0 Å². The summed E-state index contributed by atoms with van der Waals surface area (Å²) in [6, 6.07) is 8.82. The van der Waals surface area contributed by atoms with Gasteiger partial charge in [0.15, 0.2) is 11.5 Å². The molecular weight excluding hydrogens is 452 g/mol. The fourth-order valence-electron chi connectivity index (χ4n) is 2.42. The molecule has 30 heavy (non-hydrogen) atoms. The second-order valence-electron chi connectivity index (χ2n) is 5.78. The zero-order valence-electron chi connectivity index (χ0n) is 15.4. The van der Waals surface area contributed by atoms with Gasteiger partial charge in [0, 0.05) is 12.1 Å². The van der Waals surface area contributed by atoms with Gasteiger partial charge < -0.3 is 14.2 Å². The van der Waals surface area contributed by atoms with Gasteiger partial charge >= 0.3 is 10.1 Å². The van der Waals surface area contributed by atoms with Crippen LogP contribution >= 0.6 is 24.0 Å². The van der Waals surface area contributed by atoms with Crippen LogP contribution in [0.4, 0.5) is 5.69 Å². The molecule has 0 bridgehead atoms. The number of carbonyl (C=O) groups excluding carboxylic acids is 1. The monoisotopic (exact) mass is 466 g/mol. The molecule has 1 heterocycles. The van der Waals surface area contributed by atoms with Crippen molar-refractivity contribution in [1.82, 2.24) is 5.32 Å². The fraction of sp³-hybridized carbons (Fsp3) is 0.111. The third kappa shape index (κ3) is 4.96. The Balaban J connectivity index is 1.89. The number of thiocarbonyl (C=S) groups is 1. The number of ether oxygens (including phenoxy) is 1. The first kappa shape index (κ1) is 21.7. The van der Waals surface area contributed by atoms with Gasteiger partial charge in [-0.3, -0.25) is 14.9 Å². The number of carbonyl (C=O) groups is 1. The summed E-state index contributed by atoms with van der Waals surface area (Å²) in [5.74, 6) is -0.219. The molecule has 0 unspecified atom stereocenters. The van der Waals surface area contributed by atoms with Crippen molar-refractivity contribution in [3.05, 3.63) is 63.0 Å². The highest BCUT2D eigenvalue weighted by Crippen LogP contribution is 2.33. The Kier molecular flexibility index (Phi) is 6.39. The molecule has 156 valence electrons. The topological polar surface area (TPSA) is 125 Å². The third-order valence-electron chi connectivity index (χ3n) is 3.74. The summed E-state index contributed by atoms with van der Waals surface area (Å²) in [5.41, 5.74) is 0.343. The molecule has 2 aromatic rings. The summed E-state index contributed by atoms with van der Waals surface area (Å²) in [6.45, 7) is 1.96. The maximum atomic E-state index is 12.6. The zero-order valence-corrected chi connectivity index (χ0v) is 17.8. The molecule has 0 aliphatic carbocycles. The number of hydrogen-bond donors (Lipinski definition) is 1. The standard InChI is InChI=1S/C18H14N2O7S3/c1-2-26-15-9-11(10-16-17(21)19-18(28)29-16)3-8-14(15)27-30(24,25)13-6-4-12(5-7-13)20(22)23/h3-10H,2H2,1H3,(H,19,21,28)/b16-10+. The molecule has 1 aliphatic heterocycles. The van der Waals surface area contributed by atoms with Gasteiger partial charge in [0.05, 0.1) is 16.4 Å². The first-order chi connectivity index (χ1) is 14.2. The number of amides is 1. The van der Waals surface area contributed by atoms with Gasteiger partial charge in [-0.05, 0) is 42.8 Å². The van der Waals surface area contributed by atoms with Crippen molar-refractivity contribution in [2.24, 2.45) is 0 Å². The van der Waals surface area contributed by atoms with Crippen molar-refractivity contribution < 1.29 is 27.1 Å². The summed E-state index contributed by atoms with van der Waals surface area (Å²) in [4.78, 5) is 22.1. The summed E-state index contributed by atoms with van der Waals surface area (Å²) in [5, 5.41) is 13.2. The van der Waals surface area contributed by atoms with Gasteiger partial charge in [0.2, 0.25) is 0 Å². The Morgan fingerprint density at radius 2 is 1.90 bits per heavy atom. The van der Waals surface area contributed by atoms with Crippen LogP contribution in [-0.4, -0.2) is 30.2 Å². The van der Waals surface area contributed by atoms with Crippen LogP contribution in [0, 0.1) is 10.1 Å². The molecular formula is C18H14N2O7S3. The first-order valence-corrected chi connectivity index (χ1v) is 11.0. The Bertz CT molecular complexity index is 1160. The largest absolute Gasteiger partial charge is 0.490 e. The number of hydrogen-bond acceptors (Lipinski definition) is 9. The van der Waals surface area contributed by atoms with Crippen molar-refractivity contribution >= 4 is 56.1 Å². The number of nitro benzene ring substituents is 1. The summed E-state index contributed by atoms with van der Waals surface area (Å²) in [7, 11) is -4.25. The Morgan fingerprint density at radius 1 is 1.20 bits per heavy atom. The molecule has 0 aromatic heterocycles. The van der Waals surface area contributed by atoms with E-state index in [-0.39, 0.29) is 34.6 Å². The van der Waals surface area contributed by atoms with Crippen LogP contribution in [0.2, 0.25) is 0 Å². The lowest BCUT2D eigenvalue weighted by Crippen LogP contribution is -2.17. The minimum Gasteiger partial charge on any atom is -0.490 e. The minimum atomic E-state index is -4.25. The Hall–Kier alpha value is -2.96. The van der Waals surface area contributed by atoms with E-state index in [9.17, 15) is 23.3 Å². The van der Waals surface area contributed by atoms with Gasteiger partial charge in [-0.1, -0.05) is 30.0 Å². The average Bonchev–Trinajstić information content (AvgIpc) is 3.01.